The van der Waals surface area contributed by atoms with Crippen LogP contribution in [0.25, 0.3) is 10.6 Å². The molecule has 1 unspecified atom stereocenters. The van der Waals surface area contributed by atoms with Crippen LogP contribution in [-0.4, -0.2) is 15.2 Å². The summed E-state index contributed by atoms with van der Waals surface area (Å²) in [6, 6.07) is 11.7. The third-order valence-electron chi connectivity index (χ3n) is 3.33. The third kappa shape index (κ3) is 2.44. The SMILES string of the molecule is Cc1ccc(-c2ccc(C(C)c3ccc(=O)[nH]n3)[nH]2)s1. The molecule has 0 radical (unpaired) electrons. The summed E-state index contributed by atoms with van der Waals surface area (Å²) >= 11 is 1.77. The minimum absolute atomic E-state index is 0.113. The molecule has 5 heteroatoms. The molecule has 3 aromatic rings. The summed E-state index contributed by atoms with van der Waals surface area (Å²) in [6.07, 6.45) is 0. The average molecular weight is 285 g/mol. The Kier molecular flexibility index (Phi) is 3.28. The van der Waals surface area contributed by atoms with E-state index in [4.69, 9.17) is 0 Å². The zero-order valence-electron chi connectivity index (χ0n) is 11.3. The highest BCUT2D eigenvalue weighted by Gasteiger charge is 2.13. The van der Waals surface area contributed by atoms with Gasteiger partial charge in [-0.2, -0.15) is 5.10 Å². The van der Waals surface area contributed by atoms with Gasteiger partial charge in [0.25, 0.3) is 5.56 Å². The van der Waals surface area contributed by atoms with Gasteiger partial charge in [-0.25, -0.2) is 5.10 Å². The molecule has 3 rings (SSSR count). The Morgan fingerprint density at radius 1 is 1.15 bits per heavy atom. The molecule has 0 aliphatic carbocycles. The topological polar surface area (TPSA) is 61.5 Å². The van der Waals surface area contributed by atoms with E-state index in [9.17, 15) is 4.79 Å². The molecule has 4 nitrogen and oxygen atoms in total. The fraction of sp³-hybridized carbons (Fsp3) is 0.200. The Balaban J connectivity index is 1.89. The Morgan fingerprint density at radius 3 is 2.65 bits per heavy atom. The number of H-pyrrole nitrogens is 2. The predicted molar refractivity (Wildman–Crippen MR) is 81.2 cm³/mol. The van der Waals surface area contributed by atoms with Crippen LogP contribution in [0.15, 0.2) is 41.2 Å². The highest BCUT2D eigenvalue weighted by molar-refractivity contribution is 7.15. The van der Waals surface area contributed by atoms with E-state index >= 15 is 0 Å². The van der Waals surface area contributed by atoms with Gasteiger partial charge in [0.1, 0.15) is 0 Å². The van der Waals surface area contributed by atoms with Gasteiger partial charge < -0.3 is 4.98 Å². The van der Waals surface area contributed by atoms with Gasteiger partial charge in [0, 0.05) is 22.6 Å². The third-order valence-corrected chi connectivity index (χ3v) is 4.36. The van der Waals surface area contributed by atoms with Crippen LogP contribution >= 0.6 is 11.3 Å². The van der Waals surface area contributed by atoms with Crippen molar-refractivity contribution in [2.75, 3.05) is 0 Å². The number of aromatic nitrogens is 3. The van der Waals surface area contributed by atoms with E-state index in [0.29, 0.717) is 0 Å². The molecule has 0 saturated heterocycles. The summed E-state index contributed by atoms with van der Waals surface area (Å²) in [5.74, 6) is 0.113. The highest BCUT2D eigenvalue weighted by Crippen LogP contribution is 2.29. The summed E-state index contributed by atoms with van der Waals surface area (Å²) in [7, 11) is 0. The molecule has 20 heavy (non-hydrogen) atoms. The monoisotopic (exact) mass is 285 g/mol. The second-order valence-electron chi connectivity index (χ2n) is 4.81. The van der Waals surface area contributed by atoms with E-state index in [1.54, 1.807) is 17.4 Å². The first-order valence-corrected chi connectivity index (χ1v) is 7.26. The van der Waals surface area contributed by atoms with E-state index in [1.165, 1.54) is 15.8 Å². The quantitative estimate of drug-likeness (QED) is 0.775. The van der Waals surface area contributed by atoms with Gasteiger partial charge in [-0.1, -0.05) is 6.92 Å². The van der Waals surface area contributed by atoms with E-state index in [2.05, 4.69) is 53.3 Å². The van der Waals surface area contributed by atoms with E-state index in [0.717, 1.165) is 17.1 Å². The molecule has 0 aliphatic heterocycles. The van der Waals surface area contributed by atoms with Gasteiger partial charge in [-0.15, -0.1) is 11.3 Å². The average Bonchev–Trinajstić information content (AvgIpc) is 3.07. The second-order valence-corrected chi connectivity index (χ2v) is 6.09. The number of hydrogen-bond donors (Lipinski definition) is 2. The van der Waals surface area contributed by atoms with Crippen LogP contribution in [0.2, 0.25) is 0 Å². The zero-order chi connectivity index (χ0) is 14.1. The van der Waals surface area contributed by atoms with Gasteiger partial charge in [0.05, 0.1) is 16.3 Å². The maximum absolute atomic E-state index is 11.0. The lowest BCUT2D eigenvalue weighted by Crippen LogP contribution is -2.10. The molecule has 0 amide bonds. The van der Waals surface area contributed by atoms with Crippen molar-refractivity contribution in [1.82, 2.24) is 15.2 Å². The number of aromatic amines is 2. The second kappa shape index (κ2) is 5.09. The number of thiophene rings is 1. The van der Waals surface area contributed by atoms with Crippen LogP contribution in [0.3, 0.4) is 0 Å². The summed E-state index contributed by atoms with van der Waals surface area (Å²) in [5.41, 5.74) is 2.88. The Hall–Kier alpha value is -2.14. The normalized spacial score (nSPS) is 12.5. The van der Waals surface area contributed by atoms with E-state index in [1.807, 2.05) is 0 Å². The fourth-order valence-corrected chi connectivity index (χ4v) is 2.99. The number of rotatable bonds is 3. The van der Waals surface area contributed by atoms with Crippen molar-refractivity contribution in [1.29, 1.82) is 0 Å². The maximum atomic E-state index is 11.0. The standard InChI is InChI=1S/C15H15N3OS/c1-9-3-7-14(20-9)13-5-4-11(16-13)10(2)12-6-8-15(19)18-17-12/h3-8,10,16H,1-2H3,(H,18,19). The molecule has 0 spiro atoms. The van der Waals surface area contributed by atoms with Crippen LogP contribution in [0.4, 0.5) is 0 Å². The minimum Gasteiger partial charge on any atom is -0.357 e. The molecule has 1 atom stereocenters. The summed E-state index contributed by atoms with van der Waals surface area (Å²) in [4.78, 5) is 17.0. The van der Waals surface area contributed by atoms with Gasteiger partial charge in [0.15, 0.2) is 0 Å². The van der Waals surface area contributed by atoms with Crippen LogP contribution < -0.4 is 5.56 Å². The molecule has 0 saturated carbocycles. The van der Waals surface area contributed by atoms with Crippen LogP contribution in [0.1, 0.15) is 29.1 Å². The minimum atomic E-state index is -0.179. The number of hydrogen-bond acceptors (Lipinski definition) is 3. The fourth-order valence-electron chi connectivity index (χ4n) is 2.14. The summed E-state index contributed by atoms with van der Waals surface area (Å²) in [6.45, 7) is 4.17. The van der Waals surface area contributed by atoms with Crippen molar-refractivity contribution in [3.63, 3.8) is 0 Å². The van der Waals surface area contributed by atoms with Crippen molar-refractivity contribution in [3.8, 4) is 10.6 Å². The molecule has 102 valence electrons. The van der Waals surface area contributed by atoms with Gasteiger partial charge >= 0.3 is 0 Å². The summed E-state index contributed by atoms with van der Waals surface area (Å²) in [5, 5.41) is 6.56. The molecule has 0 bridgehead atoms. The molecule has 0 fully saturated rings. The number of aryl methyl sites for hydroxylation is 1. The van der Waals surface area contributed by atoms with Crippen LogP contribution in [0, 0.1) is 6.92 Å². The van der Waals surface area contributed by atoms with Gasteiger partial charge in [-0.05, 0) is 37.3 Å². The number of nitrogens with one attached hydrogen (secondary N) is 2. The lowest BCUT2D eigenvalue weighted by atomic mass is 10.0. The first kappa shape index (κ1) is 12.9. The van der Waals surface area contributed by atoms with Crippen molar-refractivity contribution < 1.29 is 0 Å². The number of nitrogens with zero attached hydrogens (tertiary/aromatic N) is 1. The summed E-state index contributed by atoms with van der Waals surface area (Å²) < 4.78 is 0. The molecular weight excluding hydrogens is 270 g/mol. The highest BCUT2D eigenvalue weighted by atomic mass is 32.1. The molecule has 3 heterocycles. The van der Waals surface area contributed by atoms with Crippen molar-refractivity contribution in [2.45, 2.75) is 19.8 Å². The molecule has 0 aliphatic rings. The maximum Gasteiger partial charge on any atom is 0.264 e. The molecule has 3 aromatic heterocycles. The van der Waals surface area contributed by atoms with Crippen LogP contribution in [-0.2, 0) is 0 Å². The molecular formula is C15H15N3OS. The van der Waals surface area contributed by atoms with E-state index in [-0.39, 0.29) is 11.5 Å². The predicted octanol–water partition coefficient (Wildman–Crippen LogP) is 3.29. The van der Waals surface area contributed by atoms with Gasteiger partial charge in [-0.3, -0.25) is 4.79 Å². The lowest BCUT2D eigenvalue weighted by molar-refractivity contribution is 0.794. The first-order valence-electron chi connectivity index (χ1n) is 6.45. The molecule has 2 N–H and O–H groups in total. The largest absolute Gasteiger partial charge is 0.357 e. The van der Waals surface area contributed by atoms with Gasteiger partial charge in [0.2, 0.25) is 0 Å². The Labute approximate surface area is 120 Å². The first-order chi connectivity index (χ1) is 9.63. The Bertz CT molecular complexity index is 764. The Morgan fingerprint density at radius 2 is 2.00 bits per heavy atom. The van der Waals surface area contributed by atoms with Crippen molar-refractivity contribution in [2.24, 2.45) is 0 Å². The van der Waals surface area contributed by atoms with Crippen LogP contribution in [0.5, 0.6) is 0 Å². The zero-order valence-corrected chi connectivity index (χ0v) is 12.1. The van der Waals surface area contributed by atoms with Crippen molar-refractivity contribution >= 4 is 11.3 Å². The molecule has 0 aromatic carbocycles. The van der Waals surface area contributed by atoms with E-state index < -0.39 is 0 Å². The smallest absolute Gasteiger partial charge is 0.264 e. The van der Waals surface area contributed by atoms with Crippen molar-refractivity contribution in [3.05, 3.63) is 63.0 Å². The lowest BCUT2D eigenvalue weighted by Gasteiger charge is -2.08.